The first-order valence-electron chi connectivity index (χ1n) is 10.2. The molecule has 170 valence electrons. The lowest BCUT2D eigenvalue weighted by Gasteiger charge is -2.20. The number of hydrogen-bond donors (Lipinski definition) is 1. The van der Waals surface area contributed by atoms with Gasteiger partial charge < -0.3 is 28.5 Å². The minimum Gasteiger partial charge on any atom is -0.493 e. The molecule has 1 atom stereocenters. The van der Waals surface area contributed by atoms with Crippen molar-refractivity contribution < 1.29 is 28.2 Å². The van der Waals surface area contributed by atoms with Gasteiger partial charge in [0.15, 0.2) is 11.5 Å². The first-order chi connectivity index (χ1) is 15.4. The fraction of sp³-hybridized carbons (Fsp3) is 0.333. The molecule has 1 unspecified atom stereocenters. The lowest BCUT2D eigenvalue weighted by atomic mass is 10.0. The normalized spacial score (nSPS) is 11.7. The number of methoxy groups -OCH3 is 3. The van der Waals surface area contributed by atoms with Crippen molar-refractivity contribution in [3.05, 3.63) is 70.9 Å². The minimum absolute atomic E-state index is 0.0249. The third-order valence-electron chi connectivity index (χ3n) is 5.43. The average molecular weight is 440 g/mol. The van der Waals surface area contributed by atoms with Crippen LogP contribution in [0.3, 0.4) is 0 Å². The Kier molecular flexibility index (Phi) is 7.25. The van der Waals surface area contributed by atoms with Crippen LogP contribution in [0.15, 0.2) is 47.1 Å². The van der Waals surface area contributed by atoms with Crippen molar-refractivity contribution in [3.8, 4) is 11.5 Å². The SMILES string of the molecule is COC(=O)CC(NC(=O)c1cc(C)n(Cc2ccco2)c1C)c1ccc(OC)c(OC)c1. The van der Waals surface area contributed by atoms with Crippen molar-refractivity contribution in [1.82, 2.24) is 9.88 Å². The highest BCUT2D eigenvalue weighted by Gasteiger charge is 2.24. The maximum absolute atomic E-state index is 13.2. The summed E-state index contributed by atoms with van der Waals surface area (Å²) < 4.78 is 22.9. The number of aromatic nitrogens is 1. The molecule has 32 heavy (non-hydrogen) atoms. The Hall–Kier alpha value is -3.68. The Bertz CT molecular complexity index is 1080. The molecule has 0 radical (unpaired) electrons. The number of esters is 1. The molecule has 2 aromatic heterocycles. The van der Waals surface area contributed by atoms with Crippen molar-refractivity contribution in [1.29, 1.82) is 0 Å². The van der Waals surface area contributed by atoms with Crippen LogP contribution in [-0.2, 0) is 16.1 Å². The number of nitrogens with one attached hydrogen (secondary N) is 1. The van der Waals surface area contributed by atoms with Gasteiger partial charge in [0.25, 0.3) is 5.91 Å². The summed E-state index contributed by atoms with van der Waals surface area (Å²) in [6.07, 6.45) is 1.60. The molecular formula is C24H28N2O6. The number of nitrogens with zero attached hydrogens (tertiary/aromatic N) is 1. The standard InChI is InChI=1S/C24H28N2O6/c1-15-11-19(16(2)26(15)14-18-7-6-10-32-18)24(28)25-20(13-23(27)31-5)17-8-9-21(29-3)22(12-17)30-4/h6-12,20H,13-14H2,1-5H3,(H,25,28). The molecule has 0 aliphatic carbocycles. The monoisotopic (exact) mass is 440 g/mol. The van der Waals surface area contributed by atoms with E-state index in [9.17, 15) is 9.59 Å². The molecule has 2 heterocycles. The van der Waals surface area contributed by atoms with Crippen LogP contribution in [0.25, 0.3) is 0 Å². The van der Waals surface area contributed by atoms with Crippen LogP contribution < -0.4 is 14.8 Å². The second-order valence-corrected chi connectivity index (χ2v) is 7.37. The van der Waals surface area contributed by atoms with Gasteiger partial charge in [-0.3, -0.25) is 9.59 Å². The second kappa shape index (κ2) is 10.1. The summed E-state index contributed by atoms with van der Waals surface area (Å²) in [7, 11) is 4.39. The lowest BCUT2D eigenvalue weighted by Crippen LogP contribution is -2.31. The van der Waals surface area contributed by atoms with Gasteiger partial charge >= 0.3 is 5.97 Å². The van der Waals surface area contributed by atoms with E-state index in [0.29, 0.717) is 29.2 Å². The van der Waals surface area contributed by atoms with Gasteiger partial charge in [-0.15, -0.1) is 0 Å². The van der Waals surface area contributed by atoms with Gasteiger partial charge in [-0.25, -0.2) is 0 Å². The molecule has 0 saturated carbocycles. The van der Waals surface area contributed by atoms with Crippen LogP contribution in [0.4, 0.5) is 0 Å². The smallest absolute Gasteiger partial charge is 0.307 e. The predicted molar refractivity (Wildman–Crippen MR) is 118 cm³/mol. The molecule has 1 N–H and O–H groups in total. The van der Waals surface area contributed by atoms with Gasteiger partial charge in [0.2, 0.25) is 0 Å². The molecule has 8 heteroatoms. The predicted octanol–water partition coefficient (Wildman–Crippen LogP) is 3.80. The molecule has 1 aromatic carbocycles. The van der Waals surface area contributed by atoms with E-state index in [1.165, 1.54) is 14.2 Å². The zero-order valence-electron chi connectivity index (χ0n) is 18.9. The van der Waals surface area contributed by atoms with Crippen LogP contribution >= 0.6 is 0 Å². The van der Waals surface area contributed by atoms with Crippen LogP contribution in [0.1, 0.15) is 45.5 Å². The van der Waals surface area contributed by atoms with E-state index in [2.05, 4.69) is 5.32 Å². The van der Waals surface area contributed by atoms with Gasteiger partial charge in [-0.1, -0.05) is 6.07 Å². The van der Waals surface area contributed by atoms with Crippen LogP contribution in [0.5, 0.6) is 11.5 Å². The Morgan fingerprint density at radius 2 is 1.81 bits per heavy atom. The number of amides is 1. The summed E-state index contributed by atoms with van der Waals surface area (Å²) in [6.45, 7) is 4.35. The van der Waals surface area contributed by atoms with Crippen molar-refractivity contribution in [2.24, 2.45) is 0 Å². The fourth-order valence-electron chi connectivity index (χ4n) is 3.64. The fourth-order valence-corrected chi connectivity index (χ4v) is 3.64. The van der Waals surface area contributed by atoms with E-state index in [1.54, 1.807) is 31.6 Å². The Balaban J connectivity index is 1.88. The van der Waals surface area contributed by atoms with Crippen molar-refractivity contribution >= 4 is 11.9 Å². The first-order valence-corrected chi connectivity index (χ1v) is 10.2. The molecular weight excluding hydrogens is 412 g/mol. The number of hydrogen-bond acceptors (Lipinski definition) is 6. The summed E-state index contributed by atoms with van der Waals surface area (Å²) in [4.78, 5) is 25.3. The molecule has 1 amide bonds. The number of carbonyl (C=O) groups excluding carboxylic acids is 2. The van der Waals surface area contributed by atoms with Crippen LogP contribution in [0.2, 0.25) is 0 Å². The molecule has 8 nitrogen and oxygen atoms in total. The quantitative estimate of drug-likeness (QED) is 0.509. The van der Waals surface area contributed by atoms with E-state index >= 15 is 0 Å². The molecule has 0 fully saturated rings. The van der Waals surface area contributed by atoms with Crippen molar-refractivity contribution in [2.45, 2.75) is 32.9 Å². The topological polar surface area (TPSA) is 91.9 Å². The second-order valence-electron chi connectivity index (χ2n) is 7.37. The number of benzene rings is 1. The van der Waals surface area contributed by atoms with E-state index < -0.39 is 12.0 Å². The number of rotatable bonds is 9. The van der Waals surface area contributed by atoms with Gasteiger partial charge in [-0.2, -0.15) is 0 Å². The van der Waals surface area contributed by atoms with E-state index in [1.807, 2.05) is 36.6 Å². The van der Waals surface area contributed by atoms with Gasteiger partial charge in [0, 0.05) is 11.4 Å². The molecule has 0 bridgehead atoms. The number of furan rings is 1. The molecule has 0 spiro atoms. The Morgan fingerprint density at radius 1 is 1.06 bits per heavy atom. The van der Waals surface area contributed by atoms with Crippen LogP contribution in [0, 0.1) is 13.8 Å². The summed E-state index contributed by atoms with van der Waals surface area (Å²) in [6, 6.07) is 10.2. The zero-order chi connectivity index (χ0) is 23.3. The highest BCUT2D eigenvalue weighted by Crippen LogP contribution is 2.31. The average Bonchev–Trinajstić information content (AvgIpc) is 3.41. The number of carbonyl (C=O) groups is 2. The number of ether oxygens (including phenoxy) is 3. The summed E-state index contributed by atoms with van der Waals surface area (Å²) in [5, 5.41) is 2.97. The maximum Gasteiger partial charge on any atom is 0.307 e. The summed E-state index contributed by atoms with van der Waals surface area (Å²) >= 11 is 0. The third kappa shape index (κ3) is 4.96. The zero-order valence-corrected chi connectivity index (χ0v) is 18.9. The molecule has 3 aromatic rings. The summed E-state index contributed by atoms with van der Waals surface area (Å²) in [5.74, 6) is 1.14. The van der Waals surface area contributed by atoms with E-state index in [4.69, 9.17) is 18.6 Å². The highest BCUT2D eigenvalue weighted by molar-refractivity contribution is 5.96. The van der Waals surface area contributed by atoms with Crippen molar-refractivity contribution in [2.75, 3.05) is 21.3 Å². The molecule has 3 rings (SSSR count). The van der Waals surface area contributed by atoms with Gasteiger partial charge in [-0.05, 0) is 49.7 Å². The largest absolute Gasteiger partial charge is 0.493 e. The first kappa shape index (κ1) is 23.0. The van der Waals surface area contributed by atoms with E-state index in [0.717, 1.165) is 17.1 Å². The lowest BCUT2D eigenvalue weighted by molar-refractivity contribution is -0.141. The Morgan fingerprint density at radius 3 is 2.44 bits per heavy atom. The summed E-state index contributed by atoms with van der Waals surface area (Å²) in [5.41, 5.74) is 2.97. The molecule has 0 aliphatic rings. The van der Waals surface area contributed by atoms with E-state index in [-0.39, 0.29) is 12.3 Å². The van der Waals surface area contributed by atoms with Crippen molar-refractivity contribution in [3.63, 3.8) is 0 Å². The van der Waals surface area contributed by atoms with Crippen LogP contribution in [-0.4, -0.2) is 37.8 Å². The maximum atomic E-state index is 13.2. The Labute approximate surface area is 187 Å². The number of aryl methyl sites for hydroxylation is 1. The minimum atomic E-state index is -0.608. The van der Waals surface area contributed by atoms with Gasteiger partial charge in [0.1, 0.15) is 5.76 Å². The molecule has 0 saturated heterocycles. The van der Waals surface area contributed by atoms with Gasteiger partial charge in [0.05, 0.1) is 52.2 Å². The highest BCUT2D eigenvalue weighted by atomic mass is 16.5. The molecule has 0 aliphatic heterocycles. The third-order valence-corrected chi connectivity index (χ3v) is 5.43.